The van der Waals surface area contributed by atoms with Crippen LogP contribution in [0.25, 0.3) is 0 Å². The molecule has 0 spiro atoms. The Morgan fingerprint density at radius 1 is 0.914 bits per heavy atom. The van der Waals surface area contributed by atoms with Crippen molar-refractivity contribution >= 4 is 38.9 Å². The number of carbonyl (C=O) groups excluding carboxylic acids is 2. The lowest BCUT2D eigenvalue weighted by atomic mass is 10.1. The lowest BCUT2D eigenvalue weighted by Gasteiger charge is -2.22. The van der Waals surface area contributed by atoms with E-state index in [4.69, 9.17) is 0 Å². The van der Waals surface area contributed by atoms with E-state index in [0.29, 0.717) is 22.6 Å². The van der Waals surface area contributed by atoms with Crippen molar-refractivity contribution in [3.8, 4) is 0 Å². The lowest BCUT2D eigenvalue weighted by Crippen LogP contribution is -2.29. The second kappa shape index (κ2) is 11.0. The summed E-state index contributed by atoms with van der Waals surface area (Å²) in [6.45, 7) is 5.32. The first-order chi connectivity index (χ1) is 16.5. The number of anilines is 2. The highest BCUT2D eigenvalue weighted by Crippen LogP contribution is 2.21. The minimum atomic E-state index is -3.54. The second-order valence-electron chi connectivity index (χ2n) is 8.20. The third-order valence-electron chi connectivity index (χ3n) is 5.19. The molecule has 0 atom stereocenters. The highest BCUT2D eigenvalue weighted by Gasteiger charge is 2.18. The summed E-state index contributed by atoms with van der Waals surface area (Å²) in [7, 11) is -3.54. The van der Waals surface area contributed by atoms with Crippen LogP contribution in [0.4, 0.5) is 11.4 Å². The van der Waals surface area contributed by atoms with E-state index < -0.39 is 15.9 Å². The summed E-state index contributed by atoms with van der Waals surface area (Å²) in [5, 5.41) is 6.85. The number of aryl methyl sites for hydroxylation is 1. The van der Waals surface area contributed by atoms with Gasteiger partial charge in [-0.15, -0.1) is 0 Å². The van der Waals surface area contributed by atoms with Crippen molar-refractivity contribution in [1.82, 2.24) is 5.43 Å². The van der Waals surface area contributed by atoms with E-state index in [9.17, 15) is 18.0 Å². The number of rotatable bonds is 8. The average Bonchev–Trinajstić information content (AvgIpc) is 2.81. The third kappa shape index (κ3) is 7.25. The number of hydrazone groups is 1. The van der Waals surface area contributed by atoms with E-state index in [2.05, 4.69) is 15.8 Å². The normalized spacial score (nSPS) is 11.6. The number of amides is 2. The molecule has 0 aliphatic heterocycles. The maximum atomic E-state index is 12.6. The van der Waals surface area contributed by atoms with Gasteiger partial charge in [0.2, 0.25) is 15.9 Å². The van der Waals surface area contributed by atoms with Crippen LogP contribution in [-0.2, 0) is 21.4 Å². The molecule has 182 valence electrons. The lowest BCUT2D eigenvalue weighted by molar-refractivity contribution is -0.114. The quantitative estimate of drug-likeness (QED) is 0.365. The van der Waals surface area contributed by atoms with Crippen LogP contribution in [0.1, 0.15) is 40.9 Å². The summed E-state index contributed by atoms with van der Waals surface area (Å²) in [5.74, 6) is -0.611. The van der Waals surface area contributed by atoms with Gasteiger partial charge >= 0.3 is 0 Å². The number of nitrogens with zero attached hydrogens (tertiary/aromatic N) is 2. The van der Waals surface area contributed by atoms with E-state index in [-0.39, 0.29) is 12.5 Å². The Balaban J connectivity index is 1.72. The second-order valence-corrected chi connectivity index (χ2v) is 10.1. The van der Waals surface area contributed by atoms with Crippen molar-refractivity contribution in [2.24, 2.45) is 5.10 Å². The van der Waals surface area contributed by atoms with Gasteiger partial charge in [-0.05, 0) is 61.4 Å². The molecule has 2 N–H and O–H groups in total. The highest BCUT2D eigenvalue weighted by atomic mass is 32.2. The number of hydrogen-bond acceptors (Lipinski definition) is 5. The van der Waals surface area contributed by atoms with Crippen LogP contribution in [-0.4, -0.2) is 32.2 Å². The van der Waals surface area contributed by atoms with Gasteiger partial charge in [0.1, 0.15) is 0 Å². The number of hydrogen-bond donors (Lipinski definition) is 2. The topological polar surface area (TPSA) is 108 Å². The fraction of sp³-hybridized carbons (Fsp3) is 0.192. The maximum Gasteiger partial charge on any atom is 0.271 e. The van der Waals surface area contributed by atoms with Crippen molar-refractivity contribution < 1.29 is 18.0 Å². The van der Waals surface area contributed by atoms with E-state index in [1.165, 1.54) is 11.2 Å². The van der Waals surface area contributed by atoms with Crippen LogP contribution in [0.3, 0.4) is 0 Å². The van der Waals surface area contributed by atoms with Gasteiger partial charge in [-0.3, -0.25) is 13.9 Å². The summed E-state index contributed by atoms with van der Waals surface area (Å²) in [4.78, 5) is 23.8. The zero-order valence-corrected chi connectivity index (χ0v) is 20.9. The smallest absolute Gasteiger partial charge is 0.271 e. The van der Waals surface area contributed by atoms with Gasteiger partial charge in [0.15, 0.2) is 0 Å². The fourth-order valence-corrected chi connectivity index (χ4v) is 4.22. The molecule has 3 rings (SSSR count). The molecular formula is C26H28N4O4S. The monoisotopic (exact) mass is 492 g/mol. The predicted octanol–water partition coefficient (Wildman–Crippen LogP) is 4.07. The van der Waals surface area contributed by atoms with Crippen molar-refractivity contribution in [3.63, 3.8) is 0 Å². The van der Waals surface area contributed by atoms with Gasteiger partial charge in [0.25, 0.3) is 5.91 Å². The van der Waals surface area contributed by atoms with Crippen LogP contribution in [0.5, 0.6) is 0 Å². The standard InChI is InChI=1S/C26H28N4O4S/c1-18-8-10-21(11-9-18)17-30(35(4,33)34)25-14-12-22(13-15-25)26(32)29-28-19(2)23-6-5-7-24(16-23)27-20(3)31/h5-16H,17H2,1-4H3,(H,27,31)(H,29,32)/b28-19-. The van der Waals surface area contributed by atoms with Crippen molar-refractivity contribution in [2.45, 2.75) is 27.3 Å². The summed E-state index contributed by atoms with van der Waals surface area (Å²) >= 11 is 0. The van der Waals surface area contributed by atoms with Gasteiger partial charge < -0.3 is 5.32 Å². The number of nitrogens with one attached hydrogen (secondary N) is 2. The summed E-state index contributed by atoms with van der Waals surface area (Å²) in [5.41, 5.74) is 7.18. The van der Waals surface area contributed by atoms with Gasteiger partial charge in [-0.1, -0.05) is 42.0 Å². The van der Waals surface area contributed by atoms with Gasteiger partial charge in [0, 0.05) is 18.2 Å². The van der Waals surface area contributed by atoms with Crippen LogP contribution in [0.2, 0.25) is 0 Å². The van der Waals surface area contributed by atoms with Crippen molar-refractivity contribution in [3.05, 3.63) is 95.1 Å². The number of sulfonamides is 1. The summed E-state index contributed by atoms with van der Waals surface area (Å²) in [6, 6.07) is 21.1. The average molecular weight is 493 g/mol. The molecule has 0 bridgehead atoms. The molecule has 0 radical (unpaired) electrons. The minimum absolute atomic E-state index is 0.179. The van der Waals surface area contributed by atoms with Crippen LogP contribution < -0.4 is 15.0 Å². The molecule has 0 unspecified atom stereocenters. The van der Waals surface area contributed by atoms with E-state index in [0.717, 1.165) is 22.9 Å². The van der Waals surface area contributed by atoms with E-state index in [1.54, 1.807) is 49.4 Å². The first kappa shape index (κ1) is 25.6. The van der Waals surface area contributed by atoms with Crippen LogP contribution in [0, 0.1) is 6.92 Å². The Morgan fingerprint density at radius 3 is 2.17 bits per heavy atom. The zero-order valence-electron chi connectivity index (χ0n) is 20.1. The zero-order chi connectivity index (χ0) is 25.6. The first-order valence-electron chi connectivity index (χ1n) is 10.9. The summed E-state index contributed by atoms with van der Waals surface area (Å²) < 4.78 is 26.1. The molecule has 3 aromatic rings. The molecule has 9 heteroatoms. The summed E-state index contributed by atoms with van der Waals surface area (Å²) in [6.07, 6.45) is 1.15. The molecule has 0 saturated heterocycles. The Kier molecular flexibility index (Phi) is 8.03. The SMILES string of the molecule is CC(=O)Nc1cccc(/C(C)=N\NC(=O)c2ccc(N(Cc3ccc(C)cc3)S(C)(=O)=O)cc2)c1. The molecule has 0 aliphatic rings. The number of carbonyl (C=O) groups is 2. The molecular weight excluding hydrogens is 464 g/mol. The minimum Gasteiger partial charge on any atom is -0.326 e. The number of benzene rings is 3. The molecule has 3 aromatic carbocycles. The first-order valence-corrected chi connectivity index (χ1v) is 12.7. The fourth-order valence-electron chi connectivity index (χ4n) is 3.33. The van der Waals surface area contributed by atoms with Crippen molar-refractivity contribution in [1.29, 1.82) is 0 Å². The Morgan fingerprint density at radius 2 is 1.57 bits per heavy atom. The molecule has 0 aliphatic carbocycles. The largest absolute Gasteiger partial charge is 0.326 e. The van der Waals surface area contributed by atoms with Gasteiger partial charge in [-0.25, -0.2) is 13.8 Å². The molecule has 8 nitrogen and oxygen atoms in total. The van der Waals surface area contributed by atoms with Crippen LogP contribution in [0.15, 0.2) is 77.9 Å². The van der Waals surface area contributed by atoms with Gasteiger partial charge in [0.05, 0.1) is 24.2 Å². The molecule has 0 aromatic heterocycles. The Labute approximate surface area is 205 Å². The van der Waals surface area contributed by atoms with Crippen LogP contribution >= 0.6 is 0 Å². The molecule has 35 heavy (non-hydrogen) atoms. The molecule has 0 saturated carbocycles. The Bertz CT molecular complexity index is 1350. The molecule has 2 amide bonds. The third-order valence-corrected chi connectivity index (χ3v) is 6.33. The Hall–Kier alpha value is -3.98. The molecule has 0 heterocycles. The van der Waals surface area contributed by atoms with E-state index in [1.807, 2.05) is 37.3 Å². The van der Waals surface area contributed by atoms with Gasteiger partial charge in [-0.2, -0.15) is 5.10 Å². The highest BCUT2D eigenvalue weighted by molar-refractivity contribution is 7.92. The molecule has 0 fully saturated rings. The van der Waals surface area contributed by atoms with E-state index >= 15 is 0 Å². The predicted molar refractivity (Wildman–Crippen MR) is 139 cm³/mol. The maximum absolute atomic E-state index is 12.6. The van der Waals surface area contributed by atoms with Crippen molar-refractivity contribution in [2.75, 3.05) is 15.9 Å².